The molecule has 2 rings (SSSR count). The van der Waals surface area contributed by atoms with Gasteiger partial charge in [0.15, 0.2) is 11.5 Å². The van der Waals surface area contributed by atoms with Crippen LogP contribution in [0.25, 0.3) is 0 Å². The third-order valence-corrected chi connectivity index (χ3v) is 4.20. The summed E-state index contributed by atoms with van der Waals surface area (Å²) in [6.45, 7) is 5.89. The molecule has 112 valence electrons. The van der Waals surface area contributed by atoms with Crippen molar-refractivity contribution in [1.82, 2.24) is 5.32 Å². The molecule has 0 radical (unpaired) electrons. The standard InChI is InChI=1S/C17H27NO2/c1-4-20-16-12-14(8-9-15(16)19-3)13-18-17(2)10-6-5-7-11-17/h8-9,12,18H,4-7,10-11,13H2,1-3H3. The van der Waals surface area contributed by atoms with Gasteiger partial charge >= 0.3 is 0 Å². The first-order chi connectivity index (χ1) is 9.67. The Morgan fingerprint density at radius 3 is 2.55 bits per heavy atom. The Kier molecular flexibility index (Phi) is 5.30. The Hall–Kier alpha value is -1.22. The molecule has 1 aliphatic rings. The van der Waals surface area contributed by atoms with E-state index in [9.17, 15) is 0 Å². The maximum Gasteiger partial charge on any atom is 0.161 e. The summed E-state index contributed by atoms with van der Waals surface area (Å²) in [6, 6.07) is 6.19. The minimum absolute atomic E-state index is 0.296. The fourth-order valence-corrected chi connectivity index (χ4v) is 2.92. The Balaban J connectivity index is 2.00. The average molecular weight is 277 g/mol. The van der Waals surface area contributed by atoms with Gasteiger partial charge in [-0.2, -0.15) is 0 Å². The van der Waals surface area contributed by atoms with E-state index in [2.05, 4.69) is 24.4 Å². The number of ether oxygens (including phenoxy) is 2. The normalized spacial score (nSPS) is 17.8. The van der Waals surface area contributed by atoms with Gasteiger partial charge in [-0.15, -0.1) is 0 Å². The highest BCUT2D eigenvalue weighted by atomic mass is 16.5. The predicted molar refractivity (Wildman–Crippen MR) is 82.5 cm³/mol. The molecule has 0 bridgehead atoms. The molecule has 0 spiro atoms. The SMILES string of the molecule is CCOc1cc(CNC2(C)CCCCC2)ccc1OC. The van der Waals surface area contributed by atoms with Gasteiger partial charge in [0.2, 0.25) is 0 Å². The highest BCUT2D eigenvalue weighted by Crippen LogP contribution is 2.30. The molecule has 3 nitrogen and oxygen atoms in total. The fourth-order valence-electron chi connectivity index (χ4n) is 2.92. The molecule has 0 heterocycles. The molecular formula is C17H27NO2. The van der Waals surface area contributed by atoms with Gasteiger partial charge in [-0.25, -0.2) is 0 Å². The van der Waals surface area contributed by atoms with Crippen LogP contribution in [-0.2, 0) is 6.54 Å². The minimum atomic E-state index is 0.296. The maximum absolute atomic E-state index is 5.63. The van der Waals surface area contributed by atoms with Gasteiger partial charge in [0, 0.05) is 12.1 Å². The summed E-state index contributed by atoms with van der Waals surface area (Å²) < 4.78 is 11.0. The van der Waals surface area contributed by atoms with Crippen molar-refractivity contribution in [2.75, 3.05) is 13.7 Å². The number of methoxy groups -OCH3 is 1. The van der Waals surface area contributed by atoms with Gasteiger partial charge in [-0.1, -0.05) is 25.3 Å². The van der Waals surface area contributed by atoms with E-state index < -0.39 is 0 Å². The zero-order valence-corrected chi connectivity index (χ0v) is 13.0. The fraction of sp³-hybridized carbons (Fsp3) is 0.647. The molecule has 1 fully saturated rings. The van der Waals surface area contributed by atoms with Crippen molar-refractivity contribution >= 4 is 0 Å². The summed E-state index contributed by atoms with van der Waals surface area (Å²) in [6.07, 6.45) is 6.63. The molecule has 0 amide bonds. The lowest BCUT2D eigenvalue weighted by Crippen LogP contribution is -2.43. The Labute approximate surface area is 122 Å². The molecule has 0 aliphatic heterocycles. The zero-order valence-electron chi connectivity index (χ0n) is 13.0. The van der Waals surface area contributed by atoms with E-state index in [0.29, 0.717) is 12.1 Å². The van der Waals surface area contributed by atoms with Crippen molar-refractivity contribution in [3.63, 3.8) is 0 Å². The molecule has 0 saturated heterocycles. The molecular weight excluding hydrogens is 250 g/mol. The Bertz CT molecular complexity index is 425. The molecule has 0 unspecified atom stereocenters. The first kappa shape index (κ1) is 15.2. The van der Waals surface area contributed by atoms with Crippen LogP contribution in [0, 0.1) is 0 Å². The van der Waals surface area contributed by atoms with E-state index in [0.717, 1.165) is 18.0 Å². The van der Waals surface area contributed by atoms with Crippen LogP contribution in [0.4, 0.5) is 0 Å². The molecule has 1 N–H and O–H groups in total. The molecule has 1 aromatic rings. The summed E-state index contributed by atoms with van der Waals surface area (Å²) in [4.78, 5) is 0. The van der Waals surface area contributed by atoms with E-state index in [1.807, 2.05) is 13.0 Å². The second-order valence-corrected chi connectivity index (χ2v) is 5.89. The lowest BCUT2D eigenvalue weighted by Gasteiger charge is -2.35. The summed E-state index contributed by atoms with van der Waals surface area (Å²) in [5.74, 6) is 1.64. The van der Waals surface area contributed by atoms with Crippen molar-refractivity contribution < 1.29 is 9.47 Å². The van der Waals surface area contributed by atoms with Gasteiger partial charge in [-0.3, -0.25) is 0 Å². The molecule has 1 saturated carbocycles. The average Bonchev–Trinajstić information content (AvgIpc) is 2.47. The first-order valence-corrected chi connectivity index (χ1v) is 7.71. The summed E-state index contributed by atoms with van der Waals surface area (Å²) >= 11 is 0. The molecule has 0 aromatic heterocycles. The van der Waals surface area contributed by atoms with Crippen molar-refractivity contribution in [3.05, 3.63) is 23.8 Å². The lowest BCUT2D eigenvalue weighted by molar-refractivity contribution is 0.252. The van der Waals surface area contributed by atoms with Crippen LogP contribution >= 0.6 is 0 Å². The molecule has 0 atom stereocenters. The van der Waals surface area contributed by atoms with Crippen molar-refractivity contribution in [2.45, 2.75) is 58.0 Å². The lowest BCUT2D eigenvalue weighted by atomic mass is 9.83. The van der Waals surface area contributed by atoms with Gasteiger partial charge in [0.05, 0.1) is 13.7 Å². The number of hydrogen-bond donors (Lipinski definition) is 1. The van der Waals surface area contributed by atoms with Crippen molar-refractivity contribution in [1.29, 1.82) is 0 Å². The monoisotopic (exact) mass is 277 g/mol. The Morgan fingerprint density at radius 2 is 1.90 bits per heavy atom. The predicted octanol–water partition coefficient (Wildman–Crippen LogP) is 3.91. The minimum Gasteiger partial charge on any atom is -0.493 e. The van der Waals surface area contributed by atoms with Crippen LogP contribution in [0.5, 0.6) is 11.5 Å². The highest BCUT2D eigenvalue weighted by molar-refractivity contribution is 5.43. The van der Waals surface area contributed by atoms with Crippen LogP contribution in [0.15, 0.2) is 18.2 Å². The molecule has 3 heteroatoms. The van der Waals surface area contributed by atoms with Crippen molar-refractivity contribution in [2.24, 2.45) is 0 Å². The first-order valence-electron chi connectivity index (χ1n) is 7.71. The third kappa shape index (κ3) is 3.89. The van der Waals surface area contributed by atoms with Gasteiger partial charge < -0.3 is 14.8 Å². The molecule has 1 aromatic carbocycles. The van der Waals surface area contributed by atoms with Crippen LogP contribution in [-0.4, -0.2) is 19.3 Å². The zero-order chi connectivity index (χ0) is 14.4. The number of nitrogens with one attached hydrogen (secondary N) is 1. The van der Waals surface area contributed by atoms with Crippen molar-refractivity contribution in [3.8, 4) is 11.5 Å². The number of hydrogen-bond acceptors (Lipinski definition) is 3. The van der Waals surface area contributed by atoms with Gasteiger partial charge in [0.25, 0.3) is 0 Å². The smallest absolute Gasteiger partial charge is 0.161 e. The van der Waals surface area contributed by atoms with E-state index in [-0.39, 0.29) is 0 Å². The van der Waals surface area contributed by atoms with E-state index in [4.69, 9.17) is 9.47 Å². The quantitative estimate of drug-likeness (QED) is 0.855. The van der Waals surface area contributed by atoms with Gasteiger partial charge in [-0.05, 0) is 44.4 Å². The maximum atomic E-state index is 5.63. The van der Waals surface area contributed by atoms with Crippen LogP contribution in [0.2, 0.25) is 0 Å². The summed E-state index contributed by atoms with van der Waals surface area (Å²) in [7, 11) is 1.68. The molecule has 1 aliphatic carbocycles. The van der Waals surface area contributed by atoms with E-state index in [1.165, 1.54) is 37.7 Å². The topological polar surface area (TPSA) is 30.5 Å². The highest BCUT2D eigenvalue weighted by Gasteiger charge is 2.25. The second-order valence-electron chi connectivity index (χ2n) is 5.89. The van der Waals surface area contributed by atoms with Crippen LogP contribution in [0.1, 0.15) is 51.5 Å². The van der Waals surface area contributed by atoms with Crippen LogP contribution in [0.3, 0.4) is 0 Å². The summed E-state index contributed by atoms with van der Waals surface area (Å²) in [5.41, 5.74) is 1.55. The second kappa shape index (κ2) is 6.98. The Morgan fingerprint density at radius 1 is 1.15 bits per heavy atom. The molecule has 20 heavy (non-hydrogen) atoms. The summed E-state index contributed by atoms with van der Waals surface area (Å²) in [5, 5.41) is 3.72. The van der Waals surface area contributed by atoms with E-state index >= 15 is 0 Å². The largest absolute Gasteiger partial charge is 0.493 e. The number of benzene rings is 1. The number of rotatable bonds is 6. The van der Waals surface area contributed by atoms with E-state index in [1.54, 1.807) is 7.11 Å². The third-order valence-electron chi connectivity index (χ3n) is 4.20. The van der Waals surface area contributed by atoms with Gasteiger partial charge in [0.1, 0.15) is 0 Å². The van der Waals surface area contributed by atoms with Crippen LogP contribution < -0.4 is 14.8 Å².